The van der Waals surface area contributed by atoms with Gasteiger partial charge in [-0.1, -0.05) is 36.5 Å². The third kappa shape index (κ3) is 4.05. The lowest BCUT2D eigenvalue weighted by atomic mass is 10.1. The standard InChI is InChI=1S/C24H23N3OS/c1-4-18-9-11-21-22(14-18)29-24(26-21)27(15-20-7-5-6-12-25-20)23(28)19-10-8-16(2)17(3)13-19/h5-14H,4,15H2,1-3H3. The summed E-state index contributed by atoms with van der Waals surface area (Å²) in [6, 6.07) is 17.9. The molecular formula is C24H23N3OS. The Labute approximate surface area is 174 Å². The maximum atomic E-state index is 13.5. The molecule has 0 saturated carbocycles. The smallest absolute Gasteiger partial charge is 0.260 e. The first-order valence-corrected chi connectivity index (χ1v) is 10.6. The second kappa shape index (κ2) is 8.13. The number of benzene rings is 2. The van der Waals surface area contributed by atoms with Gasteiger partial charge in [0.25, 0.3) is 5.91 Å². The number of aromatic nitrogens is 2. The van der Waals surface area contributed by atoms with Crippen molar-refractivity contribution in [1.29, 1.82) is 0 Å². The molecule has 2 aromatic heterocycles. The second-order valence-corrected chi connectivity index (χ2v) is 8.17. The Morgan fingerprint density at radius 3 is 2.62 bits per heavy atom. The van der Waals surface area contributed by atoms with Gasteiger partial charge in [0, 0.05) is 11.8 Å². The first kappa shape index (κ1) is 19.3. The molecule has 0 atom stereocenters. The molecule has 29 heavy (non-hydrogen) atoms. The number of fused-ring (bicyclic) bond motifs is 1. The monoisotopic (exact) mass is 401 g/mol. The summed E-state index contributed by atoms with van der Waals surface area (Å²) in [5.74, 6) is -0.0616. The number of carbonyl (C=O) groups excluding carboxylic acids is 1. The molecule has 0 N–H and O–H groups in total. The molecule has 0 spiro atoms. The zero-order valence-corrected chi connectivity index (χ0v) is 17.7. The van der Waals surface area contributed by atoms with Crippen LogP contribution >= 0.6 is 11.3 Å². The summed E-state index contributed by atoms with van der Waals surface area (Å²) in [4.78, 5) is 24.4. The number of carbonyl (C=O) groups is 1. The molecule has 0 fully saturated rings. The van der Waals surface area contributed by atoms with Crippen LogP contribution in [0.1, 0.15) is 39.7 Å². The van der Waals surface area contributed by atoms with E-state index in [2.05, 4.69) is 24.0 Å². The van der Waals surface area contributed by atoms with Gasteiger partial charge in [0.1, 0.15) is 0 Å². The van der Waals surface area contributed by atoms with E-state index in [1.165, 1.54) is 11.1 Å². The normalized spacial score (nSPS) is 11.0. The van der Waals surface area contributed by atoms with Gasteiger partial charge in [0.2, 0.25) is 0 Å². The van der Waals surface area contributed by atoms with Gasteiger partial charge in [-0.25, -0.2) is 4.98 Å². The molecule has 0 aliphatic carbocycles. The molecule has 0 aliphatic heterocycles. The minimum Gasteiger partial charge on any atom is -0.278 e. The summed E-state index contributed by atoms with van der Waals surface area (Å²) in [5.41, 5.74) is 5.96. The molecule has 0 saturated heterocycles. The van der Waals surface area contributed by atoms with Crippen molar-refractivity contribution >= 4 is 32.6 Å². The van der Waals surface area contributed by atoms with Gasteiger partial charge < -0.3 is 0 Å². The summed E-state index contributed by atoms with van der Waals surface area (Å²) in [5, 5.41) is 0.696. The van der Waals surface area contributed by atoms with E-state index in [0.717, 1.165) is 27.9 Å². The first-order valence-electron chi connectivity index (χ1n) is 9.73. The van der Waals surface area contributed by atoms with Crippen molar-refractivity contribution in [3.8, 4) is 0 Å². The van der Waals surface area contributed by atoms with E-state index in [4.69, 9.17) is 4.98 Å². The number of amides is 1. The van der Waals surface area contributed by atoms with Crippen LogP contribution in [0.5, 0.6) is 0 Å². The Morgan fingerprint density at radius 1 is 1.03 bits per heavy atom. The van der Waals surface area contributed by atoms with Gasteiger partial charge in [-0.15, -0.1) is 0 Å². The highest BCUT2D eigenvalue weighted by atomic mass is 32.1. The molecule has 2 heterocycles. The van der Waals surface area contributed by atoms with Gasteiger partial charge >= 0.3 is 0 Å². The summed E-state index contributed by atoms with van der Waals surface area (Å²) >= 11 is 1.55. The van der Waals surface area contributed by atoms with E-state index in [0.29, 0.717) is 17.2 Å². The quantitative estimate of drug-likeness (QED) is 0.430. The molecule has 4 nitrogen and oxygen atoms in total. The third-order valence-electron chi connectivity index (χ3n) is 5.13. The van der Waals surface area contributed by atoms with Crippen molar-refractivity contribution in [3.05, 3.63) is 88.7 Å². The zero-order valence-electron chi connectivity index (χ0n) is 16.8. The number of thiazole rings is 1. The SMILES string of the molecule is CCc1ccc2nc(N(Cc3ccccn3)C(=O)c3ccc(C)c(C)c3)sc2c1. The van der Waals surface area contributed by atoms with E-state index in [-0.39, 0.29) is 5.91 Å². The van der Waals surface area contributed by atoms with Gasteiger partial charge in [-0.3, -0.25) is 14.7 Å². The van der Waals surface area contributed by atoms with Crippen LogP contribution in [0.3, 0.4) is 0 Å². The van der Waals surface area contributed by atoms with Crippen molar-refractivity contribution in [2.24, 2.45) is 0 Å². The molecule has 0 bridgehead atoms. The molecule has 5 heteroatoms. The maximum absolute atomic E-state index is 13.5. The molecule has 1 amide bonds. The zero-order chi connectivity index (χ0) is 20.4. The molecule has 4 aromatic rings. The number of aryl methyl sites for hydroxylation is 3. The van der Waals surface area contributed by atoms with E-state index < -0.39 is 0 Å². The maximum Gasteiger partial charge on any atom is 0.260 e. The molecule has 146 valence electrons. The number of anilines is 1. The number of rotatable bonds is 5. The molecule has 4 rings (SSSR count). The highest BCUT2D eigenvalue weighted by Gasteiger charge is 2.22. The third-order valence-corrected chi connectivity index (χ3v) is 6.17. The second-order valence-electron chi connectivity index (χ2n) is 7.16. The van der Waals surface area contributed by atoms with Gasteiger partial charge in [-0.2, -0.15) is 0 Å². The number of pyridine rings is 1. The fourth-order valence-corrected chi connectivity index (χ4v) is 4.23. The Hall–Kier alpha value is -3.05. The van der Waals surface area contributed by atoms with Crippen LogP contribution in [0, 0.1) is 13.8 Å². The van der Waals surface area contributed by atoms with Crippen molar-refractivity contribution in [2.45, 2.75) is 33.7 Å². The summed E-state index contributed by atoms with van der Waals surface area (Å²) < 4.78 is 1.10. The van der Waals surface area contributed by atoms with Gasteiger partial charge in [-0.05, 0) is 73.4 Å². The van der Waals surface area contributed by atoms with Gasteiger partial charge in [0.15, 0.2) is 5.13 Å². The molecule has 0 aliphatic rings. The van der Waals surface area contributed by atoms with E-state index in [1.54, 1.807) is 22.4 Å². The molecular weight excluding hydrogens is 378 g/mol. The van der Waals surface area contributed by atoms with Crippen molar-refractivity contribution in [3.63, 3.8) is 0 Å². The largest absolute Gasteiger partial charge is 0.278 e. The average Bonchev–Trinajstić information content (AvgIpc) is 3.17. The van der Waals surface area contributed by atoms with E-state index in [9.17, 15) is 4.79 Å². The lowest BCUT2D eigenvalue weighted by Gasteiger charge is -2.20. The fraction of sp³-hybridized carbons (Fsp3) is 0.208. The lowest BCUT2D eigenvalue weighted by molar-refractivity contribution is 0.0984. The van der Waals surface area contributed by atoms with Crippen LogP contribution in [0.25, 0.3) is 10.2 Å². The highest BCUT2D eigenvalue weighted by Crippen LogP contribution is 2.31. The summed E-state index contributed by atoms with van der Waals surface area (Å²) in [7, 11) is 0. The minimum absolute atomic E-state index is 0.0616. The fourth-order valence-electron chi connectivity index (χ4n) is 3.20. The highest BCUT2D eigenvalue weighted by molar-refractivity contribution is 7.22. The molecule has 2 aromatic carbocycles. The Bertz CT molecular complexity index is 1170. The van der Waals surface area contributed by atoms with Crippen molar-refractivity contribution in [1.82, 2.24) is 9.97 Å². The topological polar surface area (TPSA) is 46.1 Å². The predicted molar refractivity (Wildman–Crippen MR) is 120 cm³/mol. The first-order chi connectivity index (χ1) is 14.0. The van der Waals surface area contributed by atoms with Crippen molar-refractivity contribution < 1.29 is 4.79 Å². The Balaban J connectivity index is 1.77. The average molecular weight is 402 g/mol. The van der Waals surface area contributed by atoms with Crippen LogP contribution in [-0.2, 0) is 13.0 Å². The van der Waals surface area contributed by atoms with Crippen LogP contribution in [-0.4, -0.2) is 15.9 Å². The Morgan fingerprint density at radius 2 is 1.90 bits per heavy atom. The number of hydrogen-bond donors (Lipinski definition) is 0. The van der Waals surface area contributed by atoms with Crippen molar-refractivity contribution in [2.75, 3.05) is 4.90 Å². The van der Waals surface area contributed by atoms with E-state index >= 15 is 0 Å². The summed E-state index contributed by atoms with van der Waals surface area (Å²) in [6.07, 6.45) is 2.72. The van der Waals surface area contributed by atoms with Crippen LogP contribution in [0.2, 0.25) is 0 Å². The van der Waals surface area contributed by atoms with E-state index in [1.807, 2.05) is 56.3 Å². The predicted octanol–water partition coefficient (Wildman–Crippen LogP) is 5.72. The molecule has 0 unspecified atom stereocenters. The number of hydrogen-bond acceptors (Lipinski definition) is 4. The minimum atomic E-state index is -0.0616. The number of nitrogens with zero attached hydrogens (tertiary/aromatic N) is 3. The Kier molecular flexibility index (Phi) is 5.41. The molecule has 0 radical (unpaired) electrons. The van der Waals surface area contributed by atoms with Gasteiger partial charge in [0.05, 0.1) is 22.5 Å². The van der Waals surface area contributed by atoms with Crippen LogP contribution in [0.4, 0.5) is 5.13 Å². The lowest BCUT2D eigenvalue weighted by Crippen LogP contribution is -2.30. The van der Waals surface area contributed by atoms with Crippen LogP contribution < -0.4 is 4.90 Å². The van der Waals surface area contributed by atoms with Crippen LogP contribution in [0.15, 0.2) is 60.8 Å². The summed E-state index contributed by atoms with van der Waals surface area (Å²) in [6.45, 7) is 6.60.